The van der Waals surface area contributed by atoms with Gasteiger partial charge in [-0.25, -0.2) is 4.79 Å². The summed E-state index contributed by atoms with van der Waals surface area (Å²) in [5.74, 6) is 0. The number of carbonyl (C=O) groups is 1. The van der Waals surface area contributed by atoms with E-state index < -0.39 is 11.3 Å². The van der Waals surface area contributed by atoms with Crippen LogP contribution < -0.4 is 0 Å². The molecular weight excluding hydrogens is 278 g/mol. The third kappa shape index (κ3) is 3.33. The molecule has 120 valence electrons. The van der Waals surface area contributed by atoms with Gasteiger partial charge in [0.1, 0.15) is 17.4 Å². The minimum absolute atomic E-state index is 0.247. The van der Waals surface area contributed by atoms with Gasteiger partial charge in [-0.3, -0.25) is 4.90 Å². The third-order valence-corrected chi connectivity index (χ3v) is 3.56. The summed E-state index contributed by atoms with van der Waals surface area (Å²) in [6.45, 7) is 13.2. The van der Waals surface area contributed by atoms with E-state index in [0.29, 0.717) is 0 Å². The van der Waals surface area contributed by atoms with E-state index in [4.69, 9.17) is 9.47 Å². The first kappa shape index (κ1) is 16.6. The average molecular weight is 303 g/mol. The first-order valence-corrected chi connectivity index (χ1v) is 7.53. The molecule has 0 bridgehead atoms. The van der Waals surface area contributed by atoms with Gasteiger partial charge in [0.15, 0.2) is 0 Å². The summed E-state index contributed by atoms with van der Waals surface area (Å²) >= 11 is 0. The van der Waals surface area contributed by atoms with Gasteiger partial charge in [0.2, 0.25) is 0 Å². The Balaban J connectivity index is 2.41. The lowest BCUT2D eigenvalue weighted by atomic mass is 10.0. The molecule has 1 amide bonds. The van der Waals surface area contributed by atoms with Crippen LogP contribution in [0.2, 0.25) is 0 Å². The Kier molecular flexibility index (Phi) is 4.34. The maximum atomic E-state index is 12.7. The highest BCUT2D eigenvalue weighted by molar-refractivity contribution is 5.70. The molecule has 1 aromatic carbocycles. The fourth-order valence-electron chi connectivity index (χ4n) is 2.75. The molecule has 4 nitrogen and oxygen atoms in total. The van der Waals surface area contributed by atoms with Gasteiger partial charge in [-0.15, -0.1) is 6.58 Å². The van der Waals surface area contributed by atoms with E-state index in [1.807, 2.05) is 65.0 Å². The van der Waals surface area contributed by atoms with Gasteiger partial charge in [0.25, 0.3) is 0 Å². The van der Waals surface area contributed by atoms with Crippen LogP contribution >= 0.6 is 0 Å². The standard InChI is InChI=1S/C18H25NO3/c1-7-14-15(13-11-9-8-10-12-13)19(18(5,6)21-14)16(20)22-17(2,3)4/h7-12,14-15H,1H2,2-6H3/t14-,15-/m0/s1. The second-order valence-corrected chi connectivity index (χ2v) is 6.97. The van der Waals surface area contributed by atoms with Crippen LogP contribution in [0, 0.1) is 0 Å². The molecule has 1 saturated heterocycles. The predicted molar refractivity (Wildman–Crippen MR) is 86.4 cm³/mol. The number of nitrogens with zero attached hydrogens (tertiary/aromatic N) is 1. The molecule has 2 atom stereocenters. The zero-order chi connectivity index (χ0) is 16.5. The Hall–Kier alpha value is -1.81. The molecule has 0 aliphatic carbocycles. The largest absolute Gasteiger partial charge is 0.444 e. The van der Waals surface area contributed by atoms with Crippen molar-refractivity contribution < 1.29 is 14.3 Å². The topological polar surface area (TPSA) is 38.8 Å². The van der Waals surface area contributed by atoms with Crippen molar-refractivity contribution in [3.8, 4) is 0 Å². The van der Waals surface area contributed by atoms with Crippen LogP contribution in [0.25, 0.3) is 0 Å². The fourth-order valence-corrected chi connectivity index (χ4v) is 2.75. The van der Waals surface area contributed by atoms with E-state index in [1.54, 1.807) is 11.0 Å². The molecular formula is C18H25NO3. The van der Waals surface area contributed by atoms with Gasteiger partial charge in [0, 0.05) is 0 Å². The Morgan fingerprint density at radius 3 is 2.41 bits per heavy atom. The predicted octanol–water partition coefficient (Wildman–Crippen LogP) is 4.29. The van der Waals surface area contributed by atoms with Gasteiger partial charge >= 0.3 is 6.09 Å². The lowest BCUT2D eigenvalue weighted by Gasteiger charge is -2.35. The second kappa shape index (κ2) is 5.76. The second-order valence-electron chi connectivity index (χ2n) is 6.97. The maximum absolute atomic E-state index is 12.7. The fraction of sp³-hybridized carbons (Fsp3) is 0.500. The Labute approximate surface area is 132 Å². The van der Waals surface area contributed by atoms with Gasteiger partial charge in [-0.05, 0) is 40.2 Å². The number of benzene rings is 1. The first-order valence-electron chi connectivity index (χ1n) is 7.53. The van der Waals surface area contributed by atoms with Gasteiger partial charge in [-0.2, -0.15) is 0 Å². The molecule has 2 rings (SSSR count). The summed E-state index contributed by atoms with van der Waals surface area (Å²) in [7, 11) is 0. The summed E-state index contributed by atoms with van der Waals surface area (Å²) in [4.78, 5) is 14.4. The Morgan fingerprint density at radius 2 is 1.91 bits per heavy atom. The maximum Gasteiger partial charge on any atom is 0.413 e. The molecule has 1 aromatic rings. The monoisotopic (exact) mass is 303 g/mol. The third-order valence-electron chi connectivity index (χ3n) is 3.56. The Bertz CT molecular complexity index is 545. The van der Waals surface area contributed by atoms with Crippen LogP contribution in [0.5, 0.6) is 0 Å². The molecule has 0 aromatic heterocycles. The van der Waals surface area contributed by atoms with Crippen LogP contribution in [0.15, 0.2) is 43.0 Å². The molecule has 0 spiro atoms. The minimum Gasteiger partial charge on any atom is -0.444 e. The zero-order valence-electron chi connectivity index (χ0n) is 14.0. The number of hydrogen-bond donors (Lipinski definition) is 0. The van der Waals surface area contributed by atoms with Gasteiger partial charge in [0.05, 0.1) is 6.04 Å². The van der Waals surface area contributed by atoms with Crippen molar-refractivity contribution in [1.82, 2.24) is 4.90 Å². The molecule has 1 fully saturated rings. The minimum atomic E-state index is -0.762. The molecule has 0 radical (unpaired) electrons. The zero-order valence-corrected chi connectivity index (χ0v) is 14.0. The molecule has 0 saturated carbocycles. The Morgan fingerprint density at radius 1 is 1.32 bits per heavy atom. The molecule has 1 aliphatic heterocycles. The van der Waals surface area contributed by atoms with E-state index in [0.717, 1.165) is 5.56 Å². The summed E-state index contributed by atoms with van der Waals surface area (Å²) in [6.07, 6.45) is 1.09. The summed E-state index contributed by atoms with van der Waals surface area (Å²) in [5.41, 5.74) is -0.314. The van der Waals surface area contributed by atoms with E-state index in [-0.39, 0.29) is 18.2 Å². The number of carbonyl (C=O) groups excluding carboxylic acids is 1. The van der Waals surface area contributed by atoms with E-state index >= 15 is 0 Å². The van der Waals surface area contributed by atoms with Crippen molar-refractivity contribution in [2.75, 3.05) is 0 Å². The van der Waals surface area contributed by atoms with Crippen molar-refractivity contribution in [1.29, 1.82) is 0 Å². The normalized spacial score (nSPS) is 24.1. The number of amides is 1. The van der Waals surface area contributed by atoms with Crippen molar-refractivity contribution >= 4 is 6.09 Å². The number of rotatable bonds is 2. The number of hydrogen-bond acceptors (Lipinski definition) is 3. The first-order chi connectivity index (χ1) is 10.2. The molecule has 22 heavy (non-hydrogen) atoms. The smallest absolute Gasteiger partial charge is 0.413 e. The molecule has 1 aliphatic rings. The van der Waals surface area contributed by atoms with Crippen LogP contribution in [-0.2, 0) is 9.47 Å². The van der Waals surface area contributed by atoms with Crippen molar-refractivity contribution in [2.24, 2.45) is 0 Å². The molecule has 0 unspecified atom stereocenters. The quantitative estimate of drug-likeness (QED) is 0.765. The van der Waals surface area contributed by atoms with Crippen LogP contribution in [0.1, 0.15) is 46.2 Å². The van der Waals surface area contributed by atoms with Crippen molar-refractivity contribution in [3.63, 3.8) is 0 Å². The highest BCUT2D eigenvalue weighted by atomic mass is 16.6. The lowest BCUT2D eigenvalue weighted by molar-refractivity contribution is -0.0716. The summed E-state index contributed by atoms with van der Waals surface area (Å²) in [6, 6.07) is 9.59. The lowest BCUT2D eigenvalue weighted by Crippen LogP contribution is -2.47. The molecule has 0 N–H and O–H groups in total. The molecule has 1 heterocycles. The van der Waals surface area contributed by atoms with Crippen LogP contribution in [0.3, 0.4) is 0 Å². The van der Waals surface area contributed by atoms with Crippen molar-refractivity contribution in [2.45, 2.75) is 58.1 Å². The van der Waals surface area contributed by atoms with Gasteiger partial charge in [-0.1, -0.05) is 36.4 Å². The summed E-state index contributed by atoms with van der Waals surface area (Å²) in [5, 5.41) is 0. The average Bonchev–Trinajstić information content (AvgIpc) is 2.69. The van der Waals surface area contributed by atoms with E-state index in [9.17, 15) is 4.79 Å². The van der Waals surface area contributed by atoms with E-state index in [2.05, 4.69) is 6.58 Å². The van der Waals surface area contributed by atoms with Crippen LogP contribution in [-0.4, -0.2) is 28.4 Å². The SMILES string of the molecule is C=C[C@@H]1OC(C)(C)N(C(=O)OC(C)(C)C)[C@H]1c1ccccc1. The van der Waals surface area contributed by atoms with Crippen LogP contribution in [0.4, 0.5) is 4.79 Å². The molecule has 4 heteroatoms. The van der Waals surface area contributed by atoms with Gasteiger partial charge < -0.3 is 9.47 Å². The van der Waals surface area contributed by atoms with E-state index in [1.165, 1.54) is 0 Å². The summed E-state index contributed by atoms with van der Waals surface area (Å²) < 4.78 is 11.6. The number of ether oxygens (including phenoxy) is 2. The highest BCUT2D eigenvalue weighted by Crippen LogP contribution is 2.42. The van der Waals surface area contributed by atoms with Crippen molar-refractivity contribution in [3.05, 3.63) is 48.6 Å². The highest BCUT2D eigenvalue weighted by Gasteiger charge is 2.50.